The van der Waals surface area contributed by atoms with Gasteiger partial charge in [-0.05, 0) is 53.1 Å². The molecule has 0 heterocycles. The number of carbonyl (C=O) groups excluding carboxylic acids is 1. The molecule has 16 nitrogen and oxygen atoms in total. The van der Waals surface area contributed by atoms with Crippen molar-refractivity contribution in [3.8, 4) is 34.5 Å². The second-order valence-electron chi connectivity index (χ2n) is 9.93. The van der Waals surface area contributed by atoms with Crippen LogP contribution in [0.15, 0.2) is 54.6 Å². The van der Waals surface area contributed by atoms with Crippen LogP contribution in [0.5, 0.6) is 34.5 Å². The van der Waals surface area contributed by atoms with Crippen molar-refractivity contribution in [1.82, 2.24) is 5.32 Å². The molecule has 0 aliphatic heterocycles. The van der Waals surface area contributed by atoms with E-state index in [0.29, 0.717) is 11.1 Å². The predicted molar refractivity (Wildman–Crippen MR) is 158 cm³/mol. The van der Waals surface area contributed by atoms with Gasteiger partial charge in [-0.1, -0.05) is 0 Å². The van der Waals surface area contributed by atoms with Crippen LogP contribution in [0.25, 0.3) is 0 Å². The highest BCUT2D eigenvalue weighted by molar-refractivity contribution is 5.81. The number of rotatable bonds is 20. The lowest BCUT2D eigenvalue weighted by Crippen LogP contribution is -2.36. The molecule has 5 N–H and O–H groups in total. The molecule has 0 bridgehead atoms. The molecule has 0 unspecified atom stereocenters. The Kier molecular flexibility index (Phi) is 13.4. The fourth-order valence-corrected chi connectivity index (χ4v) is 3.86. The summed E-state index contributed by atoms with van der Waals surface area (Å²) in [4.78, 5) is 55.3. The van der Waals surface area contributed by atoms with Crippen LogP contribution in [-0.4, -0.2) is 82.8 Å². The van der Waals surface area contributed by atoms with E-state index in [2.05, 4.69) is 0 Å². The van der Waals surface area contributed by atoms with Gasteiger partial charge in [0, 0.05) is 24.7 Å². The number of carbonyl (C=O) groups is 5. The van der Waals surface area contributed by atoms with Gasteiger partial charge in [0.05, 0.1) is 0 Å². The fourth-order valence-electron chi connectivity index (χ4n) is 3.86. The number of ether oxygens (including phenoxy) is 6. The normalized spacial score (nSPS) is 10.8. The van der Waals surface area contributed by atoms with Gasteiger partial charge in [0.15, 0.2) is 26.4 Å². The Bertz CT molecular complexity index is 1530. The lowest BCUT2D eigenvalue weighted by atomic mass is 10.1. The van der Waals surface area contributed by atoms with Gasteiger partial charge in [0.25, 0.3) is 0 Å². The lowest BCUT2D eigenvalue weighted by Gasteiger charge is -2.15. The van der Waals surface area contributed by atoms with Gasteiger partial charge < -0.3 is 54.2 Å². The van der Waals surface area contributed by atoms with Crippen molar-refractivity contribution in [2.75, 3.05) is 26.4 Å². The van der Waals surface area contributed by atoms with E-state index in [4.69, 9.17) is 48.8 Å². The zero-order chi connectivity index (χ0) is 36.8. The molecule has 0 atom stereocenters. The maximum Gasteiger partial charge on any atom is 0.471 e. The maximum absolute atomic E-state index is 12.8. The maximum atomic E-state index is 12.8. The lowest BCUT2D eigenvalue weighted by molar-refractivity contribution is -0.173. The summed E-state index contributed by atoms with van der Waals surface area (Å²) < 4.78 is 70.7. The zero-order valence-corrected chi connectivity index (χ0v) is 25.6. The largest absolute Gasteiger partial charge is 0.489 e. The van der Waals surface area contributed by atoms with E-state index in [-0.39, 0.29) is 53.3 Å². The third-order valence-electron chi connectivity index (χ3n) is 5.79. The highest BCUT2D eigenvalue weighted by Crippen LogP contribution is 2.29. The number of amides is 1. The van der Waals surface area contributed by atoms with E-state index in [9.17, 15) is 37.1 Å². The van der Waals surface area contributed by atoms with Crippen LogP contribution in [0.3, 0.4) is 0 Å². The van der Waals surface area contributed by atoms with Crippen molar-refractivity contribution in [3.05, 3.63) is 71.3 Å². The van der Waals surface area contributed by atoms with Crippen molar-refractivity contribution >= 4 is 29.8 Å². The van der Waals surface area contributed by atoms with Crippen LogP contribution in [-0.2, 0) is 43.7 Å². The molecule has 0 aliphatic carbocycles. The van der Waals surface area contributed by atoms with Crippen molar-refractivity contribution in [2.24, 2.45) is 0 Å². The highest BCUT2D eigenvalue weighted by atomic mass is 19.4. The molecule has 3 aromatic carbocycles. The fraction of sp³-hybridized carbons (Fsp3) is 0.258. The van der Waals surface area contributed by atoms with Gasteiger partial charge in [-0.15, -0.1) is 0 Å². The topological polar surface area (TPSA) is 234 Å². The summed E-state index contributed by atoms with van der Waals surface area (Å²) in [5.74, 6) is -7.30. The second kappa shape index (κ2) is 17.7. The number of benzene rings is 3. The molecule has 50 heavy (non-hydrogen) atoms. The summed E-state index contributed by atoms with van der Waals surface area (Å²) in [6, 6.07) is 12.0. The van der Waals surface area contributed by atoms with Gasteiger partial charge in [-0.25, -0.2) is 19.2 Å². The molecule has 19 heteroatoms. The van der Waals surface area contributed by atoms with Crippen molar-refractivity contribution in [3.63, 3.8) is 0 Å². The average Bonchev–Trinajstić information content (AvgIpc) is 3.04. The number of aliphatic carboxylic acids is 4. The van der Waals surface area contributed by atoms with Crippen LogP contribution in [0.1, 0.15) is 16.7 Å². The summed E-state index contributed by atoms with van der Waals surface area (Å²) in [7, 11) is 0. The summed E-state index contributed by atoms with van der Waals surface area (Å²) in [5, 5.41) is 37.5. The van der Waals surface area contributed by atoms with Crippen LogP contribution in [0, 0.1) is 0 Å². The number of carboxylic acid groups (broad SMARTS) is 4. The third kappa shape index (κ3) is 13.8. The molecule has 0 fully saturated rings. The molecule has 0 aliphatic rings. The molecular weight excluding hydrogens is 683 g/mol. The van der Waals surface area contributed by atoms with E-state index in [1.54, 1.807) is 5.32 Å². The molecular formula is C31H28F3NO15. The van der Waals surface area contributed by atoms with Gasteiger partial charge in [0.1, 0.15) is 47.7 Å². The minimum absolute atomic E-state index is 0.00259. The minimum Gasteiger partial charge on any atom is -0.489 e. The summed E-state index contributed by atoms with van der Waals surface area (Å²) >= 11 is 0. The summed E-state index contributed by atoms with van der Waals surface area (Å²) in [5.41, 5.74) is 0.709. The molecule has 3 aromatic rings. The van der Waals surface area contributed by atoms with Crippen LogP contribution in [0.2, 0.25) is 0 Å². The standard InChI is InChI=1S/C31H28F3NO15/c32-31(33,34)30(44)35-10-17-1-20(45-11-18-3-22(47-13-26(36)37)8-23(4-18)48-14-27(38)39)7-21(2-17)46-12-19-5-24(49-15-28(40)41)9-25(6-19)50-16-29(42)43/h1-9H,10-16H2,(H,35,44)(H,36,37)(H,38,39)(H,40,41)(H,42,43). The first-order valence-corrected chi connectivity index (χ1v) is 14.0. The monoisotopic (exact) mass is 711 g/mol. The van der Waals surface area contributed by atoms with Crippen molar-refractivity contribution in [1.29, 1.82) is 0 Å². The quantitative estimate of drug-likeness (QED) is 0.113. The zero-order valence-electron chi connectivity index (χ0n) is 25.6. The second-order valence-corrected chi connectivity index (χ2v) is 9.93. The molecule has 0 saturated heterocycles. The van der Waals surface area contributed by atoms with E-state index in [1.165, 1.54) is 54.6 Å². The Balaban J connectivity index is 1.88. The molecule has 268 valence electrons. The number of hydrogen-bond donors (Lipinski definition) is 5. The Morgan fingerprint density at radius 2 is 0.760 bits per heavy atom. The Morgan fingerprint density at radius 1 is 0.480 bits per heavy atom. The highest BCUT2D eigenvalue weighted by Gasteiger charge is 2.38. The van der Waals surface area contributed by atoms with E-state index in [0.717, 1.165) is 0 Å². The number of carboxylic acids is 4. The molecule has 3 rings (SSSR count). The van der Waals surface area contributed by atoms with E-state index < -0.39 is 68.9 Å². The Labute approximate surface area is 279 Å². The van der Waals surface area contributed by atoms with Gasteiger partial charge >= 0.3 is 36.0 Å². The van der Waals surface area contributed by atoms with Crippen LogP contribution >= 0.6 is 0 Å². The smallest absolute Gasteiger partial charge is 0.471 e. The summed E-state index contributed by atoms with van der Waals surface area (Å²) in [6.45, 7) is -4.07. The minimum atomic E-state index is -5.16. The Hall–Kier alpha value is -6.40. The first kappa shape index (κ1) is 38.1. The molecule has 0 spiro atoms. The number of halogens is 3. The molecule has 0 aromatic heterocycles. The van der Waals surface area contributed by atoms with Gasteiger partial charge in [-0.3, -0.25) is 4.79 Å². The van der Waals surface area contributed by atoms with E-state index >= 15 is 0 Å². The first-order chi connectivity index (χ1) is 23.5. The molecule has 1 amide bonds. The molecule has 0 saturated carbocycles. The summed E-state index contributed by atoms with van der Waals surface area (Å²) in [6.07, 6.45) is -5.16. The average molecular weight is 712 g/mol. The number of alkyl halides is 3. The Morgan fingerprint density at radius 3 is 1.04 bits per heavy atom. The predicted octanol–water partition coefficient (Wildman–Crippen LogP) is 2.88. The van der Waals surface area contributed by atoms with Gasteiger partial charge in [0.2, 0.25) is 0 Å². The van der Waals surface area contributed by atoms with Crippen molar-refractivity contribution < 1.29 is 86.0 Å². The van der Waals surface area contributed by atoms with Crippen LogP contribution < -0.4 is 33.7 Å². The molecule has 0 radical (unpaired) electrons. The number of nitrogens with one attached hydrogen (secondary N) is 1. The van der Waals surface area contributed by atoms with Gasteiger partial charge in [-0.2, -0.15) is 13.2 Å². The third-order valence-corrected chi connectivity index (χ3v) is 5.79. The van der Waals surface area contributed by atoms with E-state index in [1.807, 2.05) is 0 Å². The number of hydrogen-bond acceptors (Lipinski definition) is 11. The van der Waals surface area contributed by atoms with Crippen LogP contribution in [0.4, 0.5) is 13.2 Å². The van der Waals surface area contributed by atoms with Crippen molar-refractivity contribution in [2.45, 2.75) is 25.9 Å². The SMILES string of the molecule is O=C(O)COc1cc(COc2cc(CNC(=O)C(F)(F)F)cc(OCc3cc(OCC(=O)O)cc(OCC(=O)O)c3)c2)cc(OCC(=O)O)c1. The first-order valence-electron chi connectivity index (χ1n) is 14.0.